The molecule has 120 valence electrons. The fourth-order valence-corrected chi connectivity index (χ4v) is 2.62. The van der Waals surface area contributed by atoms with E-state index < -0.39 is 7.12 Å². The summed E-state index contributed by atoms with van der Waals surface area (Å²) in [5.41, 5.74) is 0.338. The van der Waals surface area contributed by atoms with E-state index in [0.717, 1.165) is 5.56 Å². The van der Waals surface area contributed by atoms with Crippen LogP contribution in [0.15, 0.2) is 30.3 Å². The van der Waals surface area contributed by atoms with E-state index in [1.807, 2.05) is 58.0 Å². The van der Waals surface area contributed by atoms with Crippen LogP contribution < -0.4 is 0 Å². The number of hydrogen-bond donors (Lipinski definition) is 0. The summed E-state index contributed by atoms with van der Waals surface area (Å²) in [6.07, 6.45) is 1.12. The summed E-state index contributed by atoms with van der Waals surface area (Å²) in [5.74, 6) is -0.499. The van der Waals surface area contributed by atoms with Gasteiger partial charge in [0.05, 0.1) is 24.2 Å². The Hall–Kier alpha value is -1.33. The minimum absolute atomic E-state index is 0.224. The first-order chi connectivity index (χ1) is 10.2. The van der Waals surface area contributed by atoms with Crippen LogP contribution in [0.3, 0.4) is 0 Å². The standard InChI is InChI=1S/C17H25BO4/c1-16(2)17(3,4)22-18(21-16)12-14(15(19)20-5)11-13-9-7-6-8-10-13/h6-10,14H,11-12H2,1-5H3/t14-/m0/s1. The van der Waals surface area contributed by atoms with E-state index in [1.165, 1.54) is 7.11 Å². The lowest BCUT2D eigenvalue weighted by atomic mass is 9.75. The Morgan fingerprint density at radius 2 is 1.68 bits per heavy atom. The number of methoxy groups -OCH3 is 1. The third-order valence-corrected chi connectivity index (χ3v) is 4.64. The molecule has 1 atom stereocenters. The van der Waals surface area contributed by atoms with Crippen molar-refractivity contribution in [2.45, 2.75) is 51.6 Å². The summed E-state index contributed by atoms with van der Waals surface area (Å²) in [6.45, 7) is 8.05. The molecule has 1 aromatic carbocycles. The Morgan fingerprint density at radius 1 is 1.14 bits per heavy atom. The number of esters is 1. The number of benzene rings is 1. The minimum Gasteiger partial charge on any atom is -0.469 e. The maximum Gasteiger partial charge on any atom is 0.458 e. The normalized spacial score (nSPS) is 20.7. The van der Waals surface area contributed by atoms with Crippen molar-refractivity contribution in [3.63, 3.8) is 0 Å². The lowest BCUT2D eigenvalue weighted by Crippen LogP contribution is -2.41. The quantitative estimate of drug-likeness (QED) is 0.619. The molecule has 1 aliphatic rings. The monoisotopic (exact) mass is 304 g/mol. The summed E-state index contributed by atoms with van der Waals surface area (Å²) in [4.78, 5) is 12.1. The molecular weight excluding hydrogens is 279 g/mol. The molecule has 2 rings (SSSR count). The third-order valence-electron chi connectivity index (χ3n) is 4.64. The number of ether oxygens (including phenoxy) is 1. The smallest absolute Gasteiger partial charge is 0.458 e. The van der Waals surface area contributed by atoms with Crippen molar-refractivity contribution < 1.29 is 18.8 Å². The van der Waals surface area contributed by atoms with E-state index in [1.54, 1.807) is 0 Å². The zero-order valence-corrected chi connectivity index (χ0v) is 14.1. The first-order valence-electron chi connectivity index (χ1n) is 7.72. The highest BCUT2D eigenvalue weighted by Crippen LogP contribution is 2.38. The van der Waals surface area contributed by atoms with Gasteiger partial charge in [0.25, 0.3) is 0 Å². The van der Waals surface area contributed by atoms with Gasteiger partial charge in [0.15, 0.2) is 0 Å². The summed E-state index contributed by atoms with van der Waals surface area (Å²) >= 11 is 0. The van der Waals surface area contributed by atoms with E-state index in [9.17, 15) is 4.79 Å². The highest BCUT2D eigenvalue weighted by Gasteiger charge is 2.51. The number of carbonyl (C=O) groups excluding carboxylic acids is 1. The predicted octanol–water partition coefficient (Wildman–Crippen LogP) is 3.11. The van der Waals surface area contributed by atoms with Crippen LogP contribution in [-0.4, -0.2) is 31.4 Å². The molecule has 0 radical (unpaired) electrons. The first-order valence-corrected chi connectivity index (χ1v) is 7.72. The molecule has 1 aromatic rings. The molecule has 1 heterocycles. The van der Waals surface area contributed by atoms with Crippen molar-refractivity contribution in [3.05, 3.63) is 35.9 Å². The Kier molecular flexibility index (Phi) is 4.98. The maximum atomic E-state index is 12.1. The molecule has 1 saturated heterocycles. The molecule has 0 unspecified atom stereocenters. The van der Waals surface area contributed by atoms with Crippen LogP contribution in [0, 0.1) is 5.92 Å². The van der Waals surface area contributed by atoms with Crippen LogP contribution in [-0.2, 0) is 25.3 Å². The van der Waals surface area contributed by atoms with Crippen molar-refractivity contribution in [2.75, 3.05) is 7.11 Å². The Bertz CT molecular complexity index is 497. The molecule has 1 fully saturated rings. The van der Waals surface area contributed by atoms with Gasteiger partial charge in [-0.3, -0.25) is 4.79 Å². The second kappa shape index (κ2) is 6.43. The lowest BCUT2D eigenvalue weighted by Gasteiger charge is -2.32. The SMILES string of the molecule is COC(=O)[C@H](CB1OC(C)(C)C(C)(C)O1)Cc1ccccc1. The van der Waals surface area contributed by atoms with Crippen LogP contribution in [0.4, 0.5) is 0 Å². The molecule has 1 aliphatic heterocycles. The summed E-state index contributed by atoms with van der Waals surface area (Å²) in [5, 5.41) is 0. The van der Waals surface area contributed by atoms with Gasteiger partial charge in [-0.25, -0.2) is 0 Å². The van der Waals surface area contributed by atoms with Crippen molar-refractivity contribution in [1.29, 1.82) is 0 Å². The van der Waals surface area contributed by atoms with Crippen LogP contribution >= 0.6 is 0 Å². The molecule has 0 N–H and O–H groups in total. The van der Waals surface area contributed by atoms with Gasteiger partial charge in [-0.2, -0.15) is 0 Å². The van der Waals surface area contributed by atoms with Gasteiger partial charge < -0.3 is 14.0 Å². The zero-order chi connectivity index (χ0) is 16.4. The lowest BCUT2D eigenvalue weighted by molar-refractivity contribution is -0.144. The molecule has 22 heavy (non-hydrogen) atoms. The Morgan fingerprint density at radius 3 is 2.18 bits per heavy atom. The second-order valence-corrected chi connectivity index (χ2v) is 6.83. The molecule has 0 aromatic heterocycles. The fourth-order valence-electron chi connectivity index (χ4n) is 2.62. The van der Waals surface area contributed by atoms with Crippen molar-refractivity contribution in [3.8, 4) is 0 Å². The van der Waals surface area contributed by atoms with Crippen LogP contribution in [0.1, 0.15) is 33.3 Å². The highest BCUT2D eigenvalue weighted by atomic mass is 16.7. The zero-order valence-electron chi connectivity index (χ0n) is 14.1. The molecule has 0 spiro atoms. The van der Waals surface area contributed by atoms with Crippen LogP contribution in [0.2, 0.25) is 6.32 Å². The van der Waals surface area contributed by atoms with Crippen LogP contribution in [0.25, 0.3) is 0 Å². The van der Waals surface area contributed by atoms with E-state index in [2.05, 4.69) is 0 Å². The molecule has 0 saturated carbocycles. The number of rotatable bonds is 5. The Balaban J connectivity index is 2.07. The van der Waals surface area contributed by atoms with Gasteiger partial charge in [-0.05, 0) is 46.0 Å². The van der Waals surface area contributed by atoms with Gasteiger partial charge in [0, 0.05) is 0 Å². The molecule has 0 bridgehead atoms. The summed E-state index contributed by atoms with van der Waals surface area (Å²) < 4.78 is 16.9. The molecule has 4 nitrogen and oxygen atoms in total. The van der Waals surface area contributed by atoms with Gasteiger partial charge >= 0.3 is 13.1 Å². The molecule has 5 heteroatoms. The summed E-state index contributed by atoms with van der Waals surface area (Å²) in [6, 6.07) is 9.93. The van der Waals surface area contributed by atoms with Gasteiger partial charge in [-0.1, -0.05) is 30.3 Å². The number of carbonyl (C=O) groups is 1. The average molecular weight is 304 g/mol. The van der Waals surface area contributed by atoms with Crippen molar-refractivity contribution >= 4 is 13.1 Å². The van der Waals surface area contributed by atoms with E-state index >= 15 is 0 Å². The Labute approximate surface area is 133 Å². The van der Waals surface area contributed by atoms with Crippen LogP contribution in [0.5, 0.6) is 0 Å². The van der Waals surface area contributed by atoms with Gasteiger partial charge in [0.1, 0.15) is 0 Å². The molecule has 0 amide bonds. The van der Waals surface area contributed by atoms with Crippen molar-refractivity contribution in [2.24, 2.45) is 5.92 Å². The average Bonchev–Trinajstić information content (AvgIpc) is 2.66. The van der Waals surface area contributed by atoms with E-state index in [4.69, 9.17) is 14.0 Å². The third kappa shape index (κ3) is 3.71. The minimum atomic E-state index is -0.391. The molecular formula is C17H25BO4. The van der Waals surface area contributed by atoms with Gasteiger partial charge in [-0.15, -0.1) is 0 Å². The fraction of sp³-hybridized carbons (Fsp3) is 0.588. The second-order valence-electron chi connectivity index (χ2n) is 6.83. The first kappa shape index (κ1) is 17.0. The van der Waals surface area contributed by atoms with Crippen molar-refractivity contribution in [1.82, 2.24) is 0 Å². The van der Waals surface area contributed by atoms with Gasteiger partial charge in [0.2, 0.25) is 0 Å². The largest absolute Gasteiger partial charge is 0.469 e. The predicted molar refractivity (Wildman–Crippen MR) is 86.5 cm³/mol. The highest BCUT2D eigenvalue weighted by molar-refractivity contribution is 6.46. The molecule has 0 aliphatic carbocycles. The maximum absolute atomic E-state index is 12.1. The van der Waals surface area contributed by atoms with E-state index in [0.29, 0.717) is 12.7 Å². The topological polar surface area (TPSA) is 44.8 Å². The summed E-state index contributed by atoms with van der Waals surface area (Å²) in [7, 11) is 1.03. The number of hydrogen-bond acceptors (Lipinski definition) is 4. The van der Waals surface area contributed by atoms with E-state index in [-0.39, 0.29) is 23.1 Å².